The molecule has 0 unspecified atom stereocenters. The van der Waals surface area contributed by atoms with Crippen molar-refractivity contribution in [3.05, 3.63) is 53.1 Å². The number of benzene rings is 2. The molecule has 0 saturated carbocycles. The first-order valence-electron chi connectivity index (χ1n) is 10.4. The fourth-order valence-electron chi connectivity index (χ4n) is 3.77. The second-order valence-electron chi connectivity index (χ2n) is 8.03. The van der Waals surface area contributed by atoms with Gasteiger partial charge in [-0.3, -0.25) is 4.79 Å². The Balaban J connectivity index is 1.81. The summed E-state index contributed by atoms with van der Waals surface area (Å²) >= 11 is 0. The number of anilines is 1. The second kappa shape index (κ2) is 9.28. The van der Waals surface area contributed by atoms with E-state index in [0.29, 0.717) is 30.8 Å². The third-order valence-corrected chi connectivity index (χ3v) is 7.79. The van der Waals surface area contributed by atoms with E-state index in [1.54, 1.807) is 20.1 Å². The molecule has 1 aliphatic rings. The maximum absolute atomic E-state index is 13.3. The van der Waals surface area contributed by atoms with Crippen molar-refractivity contribution in [2.24, 2.45) is 0 Å². The van der Waals surface area contributed by atoms with Crippen LogP contribution in [-0.2, 0) is 10.0 Å². The van der Waals surface area contributed by atoms with Gasteiger partial charge >= 0.3 is 0 Å². The average molecular weight is 446 g/mol. The summed E-state index contributed by atoms with van der Waals surface area (Å²) in [5.41, 5.74) is 2.98. The van der Waals surface area contributed by atoms with Crippen molar-refractivity contribution < 1.29 is 17.9 Å². The molecular weight excluding hydrogens is 414 g/mol. The molecule has 1 amide bonds. The number of nitrogens with zero attached hydrogens (tertiary/aromatic N) is 3. The number of sulfonamides is 1. The Morgan fingerprint density at radius 3 is 2.29 bits per heavy atom. The third-order valence-electron chi connectivity index (χ3n) is 5.85. The van der Waals surface area contributed by atoms with Crippen molar-refractivity contribution in [1.82, 2.24) is 9.21 Å². The zero-order chi connectivity index (χ0) is 22.8. The molecule has 0 N–H and O–H groups in total. The predicted molar refractivity (Wildman–Crippen MR) is 123 cm³/mol. The standard InChI is InChI=1S/C23H31N3O4S/c1-17-15-19(16-22(18(17)2)31(28,29)24(3)4)23(27)26-12-6-11-25(13-14-26)20-7-9-21(30-5)10-8-20/h7-10,15-16H,6,11-14H2,1-5H3. The Hall–Kier alpha value is -2.58. The molecule has 1 saturated heterocycles. The van der Waals surface area contributed by atoms with E-state index < -0.39 is 10.0 Å². The molecule has 0 radical (unpaired) electrons. The lowest BCUT2D eigenvalue weighted by atomic mass is 10.1. The Kier molecular flexibility index (Phi) is 6.91. The summed E-state index contributed by atoms with van der Waals surface area (Å²) < 4.78 is 31.9. The molecular formula is C23H31N3O4S. The number of methoxy groups -OCH3 is 1. The van der Waals surface area contributed by atoms with Gasteiger partial charge in [0.1, 0.15) is 5.75 Å². The van der Waals surface area contributed by atoms with Gasteiger partial charge in [-0.2, -0.15) is 0 Å². The lowest BCUT2D eigenvalue weighted by molar-refractivity contribution is 0.0766. The molecule has 8 heteroatoms. The molecule has 0 spiro atoms. The lowest BCUT2D eigenvalue weighted by Gasteiger charge is -2.24. The lowest BCUT2D eigenvalue weighted by Crippen LogP contribution is -2.35. The van der Waals surface area contributed by atoms with Crippen molar-refractivity contribution in [3.8, 4) is 5.75 Å². The molecule has 0 bridgehead atoms. The summed E-state index contributed by atoms with van der Waals surface area (Å²) in [5.74, 6) is 0.684. The zero-order valence-electron chi connectivity index (χ0n) is 18.9. The van der Waals surface area contributed by atoms with Crippen LogP contribution in [0.1, 0.15) is 27.9 Å². The van der Waals surface area contributed by atoms with E-state index in [-0.39, 0.29) is 10.8 Å². The largest absolute Gasteiger partial charge is 0.497 e. The molecule has 7 nitrogen and oxygen atoms in total. The summed E-state index contributed by atoms with van der Waals surface area (Å²) in [6, 6.07) is 11.2. The number of hydrogen-bond donors (Lipinski definition) is 0. The number of carbonyl (C=O) groups is 1. The summed E-state index contributed by atoms with van der Waals surface area (Å²) in [6.07, 6.45) is 0.839. The van der Waals surface area contributed by atoms with Gasteiger partial charge in [0.2, 0.25) is 10.0 Å². The van der Waals surface area contributed by atoms with Gasteiger partial charge in [0.15, 0.2) is 0 Å². The van der Waals surface area contributed by atoms with E-state index >= 15 is 0 Å². The van der Waals surface area contributed by atoms with Crippen molar-refractivity contribution in [3.63, 3.8) is 0 Å². The normalized spacial score (nSPS) is 15.2. The summed E-state index contributed by atoms with van der Waals surface area (Å²) in [4.78, 5) is 17.5. The van der Waals surface area contributed by atoms with Crippen molar-refractivity contribution >= 4 is 21.6 Å². The fraction of sp³-hybridized carbons (Fsp3) is 0.435. The van der Waals surface area contributed by atoms with Crippen LogP contribution in [0.25, 0.3) is 0 Å². The maximum atomic E-state index is 13.3. The van der Waals surface area contributed by atoms with Crippen LogP contribution in [0, 0.1) is 13.8 Å². The van der Waals surface area contributed by atoms with Gasteiger partial charge in [0, 0.05) is 51.5 Å². The smallest absolute Gasteiger partial charge is 0.253 e. The number of hydrogen-bond acceptors (Lipinski definition) is 5. The van der Waals surface area contributed by atoms with E-state index in [4.69, 9.17) is 4.74 Å². The molecule has 1 aliphatic heterocycles. The Morgan fingerprint density at radius 1 is 1.00 bits per heavy atom. The first-order valence-corrected chi connectivity index (χ1v) is 11.8. The van der Waals surface area contributed by atoms with Crippen LogP contribution in [0.3, 0.4) is 0 Å². The highest BCUT2D eigenvalue weighted by Gasteiger charge is 2.26. The van der Waals surface area contributed by atoms with Crippen LogP contribution in [0.4, 0.5) is 5.69 Å². The summed E-state index contributed by atoms with van der Waals surface area (Å²) in [5, 5.41) is 0. The third kappa shape index (κ3) is 4.85. The summed E-state index contributed by atoms with van der Waals surface area (Å²) in [6.45, 7) is 6.39. The molecule has 1 fully saturated rings. The number of ether oxygens (including phenoxy) is 1. The van der Waals surface area contributed by atoms with Crippen LogP contribution in [0.15, 0.2) is 41.3 Å². The van der Waals surface area contributed by atoms with E-state index in [0.717, 1.165) is 30.0 Å². The van der Waals surface area contributed by atoms with Gasteiger partial charge in [-0.25, -0.2) is 12.7 Å². The van der Waals surface area contributed by atoms with E-state index in [9.17, 15) is 13.2 Å². The summed E-state index contributed by atoms with van der Waals surface area (Å²) in [7, 11) is 1.02. The molecule has 2 aromatic rings. The first kappa shape index (κ1) is 23.1. The van der Waals surface area contributed by atoms with Crippen LogP contribution in [-0.4, -0.2) is 70.9 Å². The number of amides is 1. The minimum Gasteiger partial charge on any atom is -0.497 e. The minimum atomic E-state index is -3.63. The van der Waals surface area contributed by atoms with Gasteiger partial charge in [0.05, 0.1) is 12.0 Å². The van der Waals surface area contributed by atoms with Gasteiger partial charge in [0.25, 0.3) is 5.91 Å². The molecule has 0 aromatic heterocycles. The SMILES string of the molecule is COc1ccc(N2CCCN(C(=O)c3cc(C)c(C)c(S(=O)(=O)N(C)C)c3)CC2)cc1. The van der Waals surface area contributed by atoms with Crippen LogP contribution >= 0.6 is 0 Å². The van der Waals surface area contributed by atoms with Crippen molar-refractivity contribution in [2.45, 2.75) is 25.2 Å². The highest BCUT2D eigenvalue weighted by atomic mass is 32.2. The topological polar surface area (TPSA) is 70.2 Å². The van der Waals surface area contributed by atoms with Gasteiger partial charge in [-0.1, -0.05) is 0 Å². The first-order chi connectivity index (χ1) is 14.6. The van der Waals surface area contributed by atoms with E-state index in [1.165, 1.54) is 24.5 Å². The number of carbonyl (C=O) groups excluding carboxylic acids is 1. The molecule has 3 rings (SSSR count). The molecule has 1 heterocycles. The molecule has 0 aliphatic carbocycles. The number of rotatable bonds is 5. The van der Waals surface area contributed by atoms with E-state index in [2.05, 4.69) is 4.90 Å². The maximum Gasteiger partial charge on any atom is 0.253 e. The van der Waals surface area contributed by atoms with Gasteiger partial charge in [-0.05, 0) is 67.8 Å². The molecule has 0 atom stereocenters. The quantitative estimate of drug-likeness (QED) is 0.708. The van der Waals surface area contributed by atoms with Gasteiger partial charge in [-0.15, -0.1) is 0 Å². The Bertz CT molecular complexity index is 1050. The van der Waals surface area contributed by atoms with E-state index in [1.807, 2.05) is 36.1 Å². The van der Waals surface area contributed by atoms with Crippen molar-refractivity contribution in [2.75, 3.05) is 52.3 Å². The molecule has 2 aromatic carbocycles. The highest BCUT2D eigenvalue weighted by molar-refractivity contribution is 7.89. The monoisotopic (exact) mass is 445 g/mol. The number of aryl methyl sites for hydroxylation is 1. The van der Waals surface area contributed by atoms with Crippen LogP contribution in [0.2, 0.25) is 0 Å². The molecule has 168 valence electrons. The molecule has 31 heavy (non-hydrogen) atoms. The zero-order valence-corrected chi connectivity index (χ0v) is 19.7. The predicted octanol–water partition coefficient (Wildman–Crippen LogP) is 2.91. The Morgan fingerprint density at radius 2 is 1.68 bits per heavy atom. The Labute approximate surface area is 185 Å². The second-order valence-corrected chi connectivity index (χ2v) is 10.2. The van der Waals surface area contributed by atoms with Crippen molar-refractivity contribution in [1.29, 1.82) is 0 Å². The van der Waals surface area contributed by atoms with Gasteiger partial charge < -0.3 is 14.5 Å². The minimum absolute atomic E-state index is 0.130. The average Bonchev–Trinajstić information content (AvgIpc) is 3.01. The van der Waals surface area contributed by atoms with Crippen LogP contribution < -0.4 is 9.64 Å². The fourth-order valence-corrected chi connectivity index (χ4v) is 4.99. The van der Waals surface area contributed by atoms with Crippen LogP contribution in [0.5, 0.6) is 5.75 Å². The highest BCUT2D eigenvalue weighted by Crippen LogP contribution is 2.25.